The molecule has 0 atom stereocenters. The van der Waals surface area contributed by atoms with Gasteiger partial charge in [-0.25, -0.2) is 4.98 Å². The average molecular weight is 240 g/mol. The number of hydrogen-bond acceptors (Lipinski definition) is 4. The van der Waals surface area contributed by atoms with Gasteiger partial charge in [0.2, 0.25) is 0 Å². The molecule has 3 nitrogen and oxygen atoms in total. The van der Waals surface area contributed by atoms with Crippen LogP contribution in [0.5, 0.6) is 0 Å². The van der Waals surface area contributed by atoms with Crippen LogP contribution in [0.25, 0.3) is 0 Å². The van der Waals surface area contributed by atoms with Crippen LogP contribution in [0.2, 0.25) is 5.15 Å². The fraction of sp³-hybridized carbons (Fsp3) is 0.100. The smallest absolute Gasteiger partial charge is 0.133 e. The van der Waals surface area contributed by atoms with Gasteiger partial charge in [0.25, 0.3) is 0 Å². The Morgan fingerprint density at radius 2 is 2.33 bits per heavy atom. The van der Waals surface area contributed by atoms with E-state index in [0.717, 1.165) is 6.54 Å². The molecule has 5 heteroatoms. The van der Waals surface area contributed by atoms with Crippen LogP contribution in [-0.2, 0) is 6.54 Å². The highest BCUT2D eigenvalue weighted by molar-refractivity contribution is 7.07. The van der Waals surface area contributed by atoms with Gasteiger partial charge in [-0.1, -0.05) is 11.6 Å². The molecule has 2 heterocycles. The number of halogens is 1. The Morgan fingerprint density at radius 1 is 1.47 bits per heavy atom. The van der Waals surface area contributed by atoms with Crippen LogP contribution in [-0.4, -0.2) is 4.98 Å². The lowest BCUT2D eigenvalue weighted by molar-refractivity contribution is 1.12. The SMILES string of the molecule is Nc1cc(Cl)nc(NCc2ccsc2)c1. The quantitative estimate of drug-likeness (QED) is 0.810. The molecule has 0 saturated carbocycles. The molecule has 3 N–H and O–H groups in total. The van der Waals surface area contributed by atoms with Crippen molar-refractivity contribution in [1.82, 2.24) is 4.98 Å². The molecule has 0 bridgehead atoms. The van der Waals surface area contributed by atoms with E-state index in [1.54, 1.807) is 23.5 Å². The van der Waals surface area contributed by atoms with E-state index in [1.807, 2.05) is 5.38 Å². The molecule has 78 valence electrons. The lowest BCUT2D eigenvalue weighted by Gasteiger charge is -2.05. The number of pyridine rings is 1. The van der Waals surface area contributed by atoms with Crippen LogP contribution >= 0.6 is 22.9 Å². The minimum Gasteiger partial charge on any atom is -0.399 e. The highest BCUT2D eigenvalue weighted by Gasteiger charge is 1.99. The second-order valence-corrected chi connectivity index (χ2v) is 4.26. The maximum absolute atomic E-state index is 5.78. The maximum Gasteiger partial charge on any atom is 0.133 e. The van der Waals surface area contributed by atoms with Crippen molar-refractivity contribution in [3.8, 4) is 0 Å². The summed E-state index contributed by atoms with van der Waals surface area (Å²) >= 11 is 7.45. The molecule has 15 heavy (non-hydrogen) atoms. The fourth-order valence-corrected chi connectivity index (χ4v) is 2.08. The van der Waals surface area contributed by atoms with E-state index in [0.29, 0.717) is 16.7 Å². The standard InChI is InChI=1S/C10H10ClN3S/c11-9-3-8(12)4-10(14-9)13-5-7-1-2-15-6-7/h1-4,6H,5H2,(H3,12,13,14). The van der Waals surface area contributed by atoms with Crippen molar-refractivity contribution < 1.29 is 0 Å². The van der Waals surface area contributed by atoms with Gasteiger partial charge in [-0.3, -0.25) is 0 Å². The number of rotatable bonds is 3. The van der Waals surface area contributed by atoms with Crippen molar-refractivity contribution in [1.29, 1.82) is 0 Å². The Bertz CT molecular complexity index is 422. The van der Waals surface area contributed by atoms with Gasteiger partial charge >= 0.3 is 0 Å². The molecular weight excluding hydrogens is 230 g/mol. The maximum atomic E-state index is 5.78. The first-order valence-electron chi connectivity index (χ1n) is 4.42. The van der Waals surface area contributed by atoms with E-state index in [1.165, 1.54) is 5.56 Å². The molecule has 2 aromatic rings. The third-order valence-corrected chi connectivity index (χ3v) is 2.80. The monoisotopic (exact) mass is 239 g/mol. The van der Waals surface area contributed by atoms with Crippen molar-refractivity contribution in [3.63, 3.8) is 0 Å². The summed E-state index contributed by atoms with van der Waals surface area (Å²) in [6.45, 7) is 0.732. The minimum atomic E-state index is 0.405. The van der Waals surface area contributed by atoms with Crippen molar-refractivity contribution in [2.45, 2.75) is 6.54 Å². The van der Waals surface area contributed by atoms with Gasteiger partial charge in [0.15, 0.2) is 0 Å². The van der Waals surface area contributed by atoms with Gasteiger partial charge in [-0.2, -0.15) is 11.3 Å². The molecule has 0 spiro atoms. The van der Waals surface area contributed by atoms with Crippen molar-refractivity contribution in [3.05, 3.63) is 39.7 Å². The number of nitrogens with two attached hydrogens (primary N) is 1. The first-order valence-corrected chi connectivity index (χ1v) is 5.74. The second-order valence-electron chi connectivity index (χ2n) is 3.09. The zero-order valence-electron chi connectivity index (χ0n) is 7.90. The van der Waals surface area contributed by atoms with E-state index in [2.05, 4.69) is 21.7 Å². The van der Waals surface area contributed by atoms with E-state index in [-0.39, 0.29) is 0 Å². The molecule has 0 fully saturated rings. The molecule has 0 aromatic carbocycles. The molecule has 0 unspecified atom stereocenters. The van der Waals surface area contributed by atoms with Crippen LogP contribution in [0.3, 0.4) is 0 Å². The zero-order chi connectivity index (χ0) is 10.7. The number of hydrogen-bond donors (Lipinski definition) is 2. The van der Waals surface area contributed by atoms with E-state index >= 15 is 0 Å². The van der Waals surface area contributed by atoms with E-state index in [4.69, 9.17) is 17.3 Å². The normalized spacial score (nSPS) is 10.2. The highest BCUT2D eigenvalue weighted by Crippen LogP contribution is 2.16. The summed E-state index contributed by atoms with van der Waals surface area (Å²) in [6.07, 6.45) is 0. The van der Waals surface area contributed by atoms with Crippen molar-refractivity contribution in [2.75, 3.05) is 11.1 Å². The summed E-state index contributed by atoms with van der Waals surface area (Å²) in [5, 5.41) is 7.69. The Kier molecular flexibility index (Phi) is 3.08. The molecule has 2 rings (SSSR count). The van der Waals surface area contributed by atoms with E-state index in [9.17, 15) is 0 Å². The van der Waals surface area contributed by atoms with Crippen LogP contribution in [0.15, 0.2) is 29.0 Å². The topological polar surface area (TPSA) is 50.9 Å². The summed E-state index contributed by atoms with van der Waals surface area (Å²) in [5.41, 5.74) is 7.48. The molecule has 0 aliphatic rings. The number of nitrogens with one attached hydrogen (secondary N) is 1. The Balaban J connectivity index is 2.05. The summed E-state index contributed by atoms with van der Waals surface area (Å²) in [4.78, 5) is 4.11. The number of thiophene rings is 1. The highest BCUT2D eigenvalue weighted by atomic mass is 35.5. The summed E-state index contributed by atoms with van der Waals surface area (Å²) in [5.74, 6) is 0.700. The van der Waals surface area contributed by atoms with Gasteiger partial charge in [0.05, 0.1) is 0 Å². The predicted octanol–water partition coefficient (Wildman–Crippen LogP) is 2.99. The average Bonchev–Trinajstić information content (AvgIpc) is 2.65. The number of nitrogens with zero attached hydrogens (tertiary/aromatic N) is 1. The lowest BCUT2D eigenvalue weighted by Crippen LogP contribution is -2.01. The molecule has 0 radical (unpaired) electrons. The summed E-state index contributed by atoms with van der Waals surface area (Å²) < 4.78 is 0. The summed E-state index contributed by atoms with van der Waals surface area (Å²) in [7, 11) is 0. The van der Waals surface area contributed by atoms with Crippen LogP contribution in [0.4, 0.5) is 11.5 Å². The van der Waals surface area contributed by atoms with Crippen molar-refractivity contribution in [2.24, 2.45) is 0 Å². The first-order chi connectivity index (χ1) is 7.24. The number of aromatic nitrogens is 1. The predicted molar refractivity (Wildman–Crippen MR) is 65.3 cm³/mol. The Hall–Kier alpha value is -1.26. The zero-order valence-corrected chi connectivity index (χ0v) is 9.48. The van der Waals surface area contributed by atoms with E-state index < -0.39 is 0 Å². The van der Waals surface area contributed by atoms with Gasteiger partial charge in [-0.05, 0) is 28.5 Å². The van der Waals surface area contributed by atoms with Crippen LogP contribution in [0.1, 0.15) is 5.56 Å². The van der Waals surface area contributed by atoms with Gasteiger partial charge in [0.1, 0.15) is 11.0 Å². The van der Waals surface area contributed by atoms with Gasteiger partial charge < -0.3 is 11.1 Å². The van der Waals surface area contributed by atoms with Crippen molar-refractivity contribution >= 4 is 34.4 Å². The van der Waals surface area contributed by atoms with Crippen LogP contribution < -0.4 is 11.1 Å². The molecule has 0 amide bonds. The Morgan fingerprint density at radius 3 is 3.00 bits per heavy atom. The summed E-state index contributed by atoms with van der Waals surface area (Å²) in [6, 6.07) is 5.45. The molecule has 0 aliphatic heterocycles. The second kappa shape index (κ2) is 4.51. The third kappa shape index (κ3) is 2.84. The Labute approximate surface area is 96.9 Å². The van der Waals surface area contributed by atoms with Gasteiger partial charge in [-0.15, -0.1) is 0 Å². The third-order valence-electron chi connectivity index (χ3n) is 1.87. The molecular formula is C10H10ClN3S. The lowest BCUT2D eigenvalue weighted by atomic mass is 10.3. The molecule has 0 aliphatic carbocycles. The number of nitrogen functional groups attached to an aromatic ring is 1. The number of anilines is 2. The fourth-order valence-electron chi connectivity index (χ4n) is 1.19. The minimum absolute atomic E-state index is 0.405. The van der Waals surface area contributed by atoms with Gasteiger partial charge in [0, 0.05) is 18.3 Å². The molecule has 2 aromatic heterocycles. The van der Waals surface area contributed by atoms with Crippen LogP contribution in [0, 0.1) is 0 Å². The largest absolute Gasteiger partial charge is 0.399 e. The molecule has 0 saturated heterocycles. The first kappa shape index (κ1) is 10.3.